The summed E-state index contributed by atoms with van der Waals surface area (Å²) in [7, 11) is 0. The number of hydrogen-bond donors (Lipinski definition) is 0. The molecule has 6 aliphatic heterocycles. The Kier molecular flexibility index (Phi) is 5.21. The molecule has 6 atom stereocenters. The number of ether oxygens (including phenoxy) is 6. The van der Waals surface area contributed by atoms with Gasteiger partial charge in [-0.3, -0.25) is 0 Å². The predicted molar refractivity (Wildman–Crippen MR) is 110 cm³/mol. The van der Waals surface area contributed by atoms with Crippen LogP contribution in [0.25, 0.3) is 0 Å². The third-order valence-electron chi connectivity index (χ3n) is 9.07. The average Bonchev–Trinajstić information content (AvgIpc) is 3.64. The highest BCUT2D eigenvalue weighted by Gasteiger charge is 2.78. The van der Waals surface area contributed by atoms with E-state index in [2.05, 4.69) is 0 Å². The zero-order chi connectivity index (χ0) is 20.1. The fraction of sp³-hybridized carbons (Fsp3) is 1.00. The molecule has 0 aromatic heterocycles. The lowest BCUT2D eigenvalue weighted by Crippen LogP contribution is -2.79. The van der Waals surface area contributed by atoms with Gasteiger partial charge in [-0.1, -0.05) is 0 Å². The average molecular weight is 423 g/mol. The summed E-state index contributed by atoms with van der Waals surface area (Å²) in [6, 6.07) is 0. The monoisotopic (exact) mass is 422 g/mol. The van der Waals surface area contributed by atoms with Crippen LogP contribution in [0.15, 0.2) is 0 Å². The first-order valence-corrected chi connectivity index (χ1v) is 12.6. The molecule has 0 unspecified atom stereocenters. The first-order valence-electron chi connectivity index (χ1n) is 12.6. The minimum atomic E-state index is -0.529. The molecule has 6 heterocycles. The summed E-state index contributed by atoms with van der Waals surface area (Å²) in [6.45, 7) is 4.76. The van der Waals surface area contributed by atoms with E-state index in [4.69, 9.17) is 28.4 Å². The second-order valence-electron chi connectivity index (χ2n) is 10.2. The molecule has 0 spiro atoms. The third-order valence-corrected chi connectivity index (χ3v) is 9.07. The maximum Gasteiger partial charge on any atom is 0.131 e. The normalized spacial score (nSPS) is 52.0. The predicted octanol–water partition coefficient (Wildman–Crippen LogP) is 3.54. The van der Waals surface area contributed by atoms with Gasteiger partial charge in [-0.15, -0.1) is 0 Å². The van der Waals surface area contributed by atoms with Crippen molar-refractivity contribution in [2.75, 3.05) is 39.6 Å². The minimum absolute atomic E-state index is 0.0853. The second kappa shape index (κ2) is 7.67. The molecule has 0 bridgehead atoms. The molecule has 6 saturated heterocycles. The molecule has 0 saturated carbocycles. The van der Waals surface area contributed by atoms with Crippen molar-refractivity contribution < 1.29 is 28.4 Å². The highest BCUT2D eigenvalue weighted by atomic mass is 16.6. The van der Waals surface area contributed by atoms with Crippen LogP contribution in [0, 0.1) is 0 Å². The highest BCUT2D eigenvalue weighted by molar-refractivity contribution is 5.28. The molecule has 0 radical (unpaired) electrons. The van der Waals surface area contributed by atoms with Crippen LogP contribution in [-0.4, -0.2) is 74.3 Å². The van der Waals surface area contributed by atoms with Gasteiger partial charge in [0.2, 0.25) is 0 Å². The second-order valence-corrected chi connectivity index (χ2v) is 10.2. The van der Waals surface area contributed by atoms with Crippen LogP contribution in [0.1, 0.15) is 77.0 Å². The Labute approximate surface area is 180 Å². The van der Waals surface area contributed by atoms with Gasteiger partial charge >= 0.3 is 0 Å². The van der Waals surface area contributed by atoms with Crippen molar-refractivity contribution in [3.05, 3.63) is 0 Å². The lowest BCUT2D eigenvalue weighted by Gasteiger charge is -2.61. The van der Waals surface area contributed by atoms with E-state index >= 15 is 0 Å². The van der Waals surface area contributed by atoms with Gasteiger partial charge in [0.1, 0.15) is 22.4 Å². The Morgan fingerprint density at radius 1 is 0.433 bits per heavy atom. The SMILES string of the molecule is C1CO[C@H]([C@]2([C@]3([C@@]4([C@]5([C@@H]6CCCO6)CCCO5)CCCO4)CCCO3)CCCO2)C1. The van der Waals surface area contributed by atoms with Crippen LogP contribution in [0.2, 0.25) is 0 Å². The summed E-state index contributed by atoms with van der Waals surface area (Å²) in [6.07, 6.45) is 12.6. The lowest BCUT2D eigenvalue weighted by atomic mass is 9.56. The Balaban J connectivity index is 1.52. The zero-order valence-corrected chi connectivity index (χ0v) is 18.3. The van der Waals surface area contributed by atoms with E-state index in [1.54, 1.807) is 0 Å². The van der Waals surface area contributed by atoms with Crippen LogP contribution < -0.4 is 0 Å². The molecule has 6 rings (SSSR count). The smallest absolute Gasteiger partial charge is 0.131 e. The molecule has 0 aliphatic carbocycles. The van der Waals surface area contributed by atoms with Crippen LogP contribution >= 0.6 is 0 Å². The lowest BCUT2D eigenvalue weighted by molar-refractivity contribution is -0.335. The van der Waals surface area contributed by atoms with Crippen molar-refractivity contribution in [2.24, 2.45) is 0 Å². The summed E-state index contributed by atoms with van der Waals surface area (Å²) in [5, 5.41) is 0. The molecule has 6 fully saturated rings. The Morgan fingerprint density at radius 2 is 0.867 bits per heavy atom. The Morgan fingerprint density at radius 3 is 1.17 bits per heavy atom. The van der Waals surface area contributed by atoms with E-state index in [9.17, 15) is 0 Å². The number of hydrogen-bond acceptors (Lipinski definition) is 6. The molecule has 0 aromatic rings. The van der Waals surface area contributed by atoms with Crippen molar-refractivity contribution >= 4 is 0 Å². The Bertz CT molecular complexity index is 545. The van der Waals surface area contributed by atoms with E-state index in [1.807, 2.05) is 0 Å². The molecule has 6 aliphatic rings. The quantitative estimate of drug-likeness (QED) is 0.676. The van der Waals surface area contributed by atoms with E-state index in [0.29, 0.717) is 0 Å². The van der Waals surface area contributed by atoms with Crippen LogP contribution in [0.4, 0.5) is 0 Å². The van der Waals surface area contributed by atoms with Crippen LogP contribution in [0.5, 0.6) is 0 Å². The molecule has 30 heavy (non-hydrogen) atoms. The first kappa shape index (κ1) is 20.4. The summed E-state index contributed by atoms with van der Waals surface area (Å²) in [5.41, 5.74) is -1.94. The molecule has 0 N–H and O–H groups in total. The largest absolute Gasteiger partial charge is 0.375 e. The van der Waals surface area contributed by atoms with Gasteiger partial charge in [0.05, 0.1) is 12.2 Å². The summed E-state index contributed by atoms with van der Waals surface area (Å²) in [5.74, 6) is 0. The van der Waals surface area contributed by atoms with Crippen LogP contribution in [-0.2, 0) is 28.4 Å². The van der Waals surface area contributed by atoms with E-state index in [0.717, 1.165) is 117 Å². The summed E-state index contributed by atoms with van der Waals surface area (Å²) < 4.78 is 40.2. The van der Waals surface area contributed by atoms with E-state index < -0.39 is 22.4 Å². The van der Waals surface area contributed by atoms with Crippen LogP contribution in [0.3, 0.4) is 0 Å². The van der Waals surface area contributed by atoms with Crippen molar-refractivity contribution in [2.45, 2.75) is 112 Å². The van der Waals surface area contributed by atoms with Crippen molar-refractivity contribution in [3.63, 3.8) is 0 Å². The van der Waals surface area contributed by atoms with Gasteiger partial charge in [0.15, 0.2) is 0 Å². The summed E-state index contributed by atoms with van der Waals surface area (Å²) in [4.78, 5) is 0. The van der Waals surface area contributed by atoms with Gasteiger partial charge in [0.25, 0.3) is 0 Å². The molecule has 170 valence electrons. The summed E-state index contributed by atoms with van der Waals surface area (Å²) >= 11 is 0. The van der Waals surface area contributed by atoms with Gasteiger partial charge < -0.3 is 28.4 Å². The third kappa shape index (κ3) is 2.52. The fourth-order valence-corrected chi connectivity index (χ4v) is 8.15. The van der Waals surface area contributed by atoms with Gasteiger partial charge in [-0.2, -0.15) is 0 Å². The maximum absolute atomic E-state index is 6.96. The van der Waals surface area contributed by atoms with Gasteiger partial charge in [-0.05, 0) is 77.0 Å². The standard InChI is InChI=1S/C24H38O6/c1-7-19(25-13-1)21(9-3-15-27-21)23(11-5-17-29-23)24(12-6-18-30-24)22(10-4-16-28-22)20-8-2-14-26-20/h19-20H,1-18H2/t19-,20-,21-,22+,23-,24-/m0/s1. The minimum Gasteiger partial charge on any atom is -0.375 e. The molecule has 0 amide bonds. The Hall–Kier alpha value is -0.240. The topological polar surface area (TPSA) is 55.4 Å². The van der Waals surface area contributed by atoms with E-state index in [-0.39, 0.29) is 12.2 Å². The van der Waals surface area contributed by atoms with E-state index in [1.165, 1.54) is 0 Å². The molecule has 6 nitrogen and oxygen atoms in total. The number of rotatable bonds is 5. The van der Waals surface area contributed by atoms with Crippen molar-refractivity contribution in [3.8, 4) is 0 Å². The molecule has 0 aromatic carbocycles. The molecule has 6 heteroatoms. The zero-order valence-electron chi connectivity index (χ0n) is 18.3. The fourth-order valence-electron chi connectivity index (χ4n) is 8.15. The molecular weight excluding hydrogens is 384 g/mol. The first-order chi connectivity index (χ1) is 14.8. The van der Waals surface area contributed by atoms with Gasteiger partial charge in [0, 0.05) is 39.6 Å². The highest BCUT2D eigenvalue weighted by Crippen LogP contribution is 2.64. The van der Waals surface area contributed by atoms with Crippen molar-refractivity contribution in [1.82, 2.24) is 0 Å². The maximum atomic E-state index is 6.96. The van der Waals surface area contributed by atoms with Gasteiger partial charge in [-0.25, -0.2) is 0 Å². The molecular formula is C24H38O6. The van der Waals surface area contributed by atoms with Crippen molar-refractivity contribution in [1.29, 1.82) is 0 Å².